The number of benzene rings is 1. The molecule has 0 spiro atoms. The van der Waals surface area contributed by atoms with E-state index < -0.39 is 0 Å². The van der Waals surface area contributed by atoms with Gasteiger partial charge in [-0.05, 0) is 31.9 Å². The third-order valence-electron chi connectivity index (χ3n) is 4.92. The summed E-state index contributed by atoms with van der Waals surface area (Å²) >= 11 is 1.79. The van der Waals surface area contributed by atoms with Crippen LogP contribution in [0, 0.1) is 0 Å². The number of hydrogen-bond acceptors (Lipinski definition) is 5. The summed E-state index contributed by atoms with van der Waals surface area (Å²) < 4.78 is 1.24. The van der Waals surface area contributed by atoms with E-state index in [0.29, 0.717) is 5.92 Å². The van der Waals surface area contributed by atoms with Gasteiger partial charge in [0.2, 0.25) is 5.91 Å². The fraction of sp³-hybridized carbons (Fsp3) is 0.368. The Morgan fingerprint density at radius 3 is 2.64 bits per heavy atom. The van der Waals surface area contributed by atoms with Gasteiger partial charge in [-0.1, -0.05) is 12.1 Å². The van der Waals surface area contributed by atoms with Crippen molar-refractivity contribution in [2.75, 3.05) is 13.1 Å². The molecule has 25 heavy (non-hydrogen) atoms. The molecule has 1 fully saturated rings. The lowest BCUT2D eigenvalue weighted by Gasteiger charge is -2.32. The van der Waals surface area contributed by atoms with Crippen LogP contribution in [-0.4, -0.2) is 38.8 Å². The summed E-state index contributed by atoms with van der Waals surface area (Å²) in [5.41, 5.74) is 1.96. The van der Waals surface area contributed by atoms with E-state index in [0.717, 1.165) is 37.0 Å². The van der Waals surface area contributed by atoms with Gasteiger partial charge in [-0.3, -0.25) is 4.79 Å². The van der Waals surface area contributed by atoms with E-state index in [9.17, 15) is 4.79 Å². The van der Waals surface area contributed by atoms with Crippen molar-refractivity contribution < 1.29 is 4.79 Å². The SMILES string of the molecule is C[C@@H](C(=O)N1CCC(c2nc3ccccc3s2)CC1)c1cncnc1. The number of likely N-dealkylation sites (tertiary alicyclic amines) is 1. The topological polar surface area (TPSA) is 59.0 Å². The molecule has 1 saturated heterocycles. The lowest BCUT2D eigenvalue weighted by Crippen LogP contribution is -2.40. The summed E-state index contributed by atoms with van der Waals surface area (Å²) in [6.45, 7) is 3.51. The number of carbonyl (C=O) groups excluding carboxylic acids is 1. The van der Waals surface area contributed by atoms with Crippen molar-refractivity contribution in [2.24, 2.45) is 0 Å². The van der Waals surface area contributed by atoms with E-state index in [4.69, 9.17) is 4.98 Å². The van der Waals surface area contributed by atoms with Crippen LogP contribution in [0.5, 0.6) is 0 Å². The lowest BCUT2D eigenvalue weighted by atomic mass is 9.95. The predicted octanol–water partition coefficient (Wildman–Crippen LogP) is 3.60. The molecule has 0 saturated carbocycles. The Hall–Kier alpha value is -2.34. The zero-order valence-corrected chi connectivity index (χ0v) is 14.9. The lowest BCUT2D eigenvalue weighted by molar-refractivity contribution is -0.133. The summed E-state index contributed by atoms with van der Waals surface area (Å²) in [5.74, 6) is 0.426. The van der Waals surface area contributed by atoms with Crippen molar-refractivity contribution in [3.63, 3.8) is 0 Å². The molecule has 3 aromatic rings. The number of carbonyl (C=O) groups is 1. The predicted molar refractivity (Wildman–Crippen MR) is 98.6 cm³/mol. The molecule has 5 nitrogen and oxygen atoms in total. The number of rotatable bonds is 3. The smallest absolute Gasteiger partial charge is 0.229 e. The number of thiazole rings is 1. The zero-order valence-electron chi connectivity index (χ0n) is 14.1. The van der Waals surface area contributed by atoms with Crippen molar-refractivity contribution in [1.82, 2.24) is 19.9 Å². The average Bonchev–Trinajstić information content (AvgIpc) is 3.12. The molecule has 1 aromatic carbocycles. The van der Waals surface area contributed by atoms with Crippen molar-refractivity contribution in [3.8, 4) is 0 Å². The van der Waals surface area contributed by atoms with Gasteiger partial charge in [0.1, 0.15) is 6.33 Å². The standard InChI is InChI=1S/C19H20N4OS/c1-13(15-10-20-12-21-11-15)19(24)23-8-6-14(7-9-23)18-22-16-4-2-3-5-17(16)25-18/h2-5,10-14H,6-9H2,1H3/t13-/m1/s1. The highest BCUT2D eigenvalue weighted by atomic mass is 32.1. The number of hydrogen-bond donors (Lipinski definition) is 0. The average molecular weight is 352 g/mol. The minimum absolute atomic E-state index is 0.164. The van der Waals surface area contributed by atoms with E-state index in [-0.39, 0.29) is 11.8 Å². The van der Waals surface area contributed by atoms with Crippen molar-refractivity contribution in [3.05, 3.63) is 53.6 Å². The van der Waals surface area contributed by atoms with Crippen LogP contribution in [0.25, 0.3) is 10.2 Å². The molecule has 1 atom stereocenters. The van der Waals surface area contributed by atoms with Crippen LogP contribution in [-0.2, 0) is 4.79 Å². The maximum Gasteiger partial charge on any atom is 0.229 e. The second-order valence-electron chi connectivity index (χ2n) is 6.51. The van der Waals surface area contributed by atoms with E-state index in [1.165, 1.54) is 16.0 Å². The molecule has 0 unspecified atom stereocenters. The molecule has 3 heterocycles. The molecule has 0 N–H and O–H groups in total. The first-order valence-corrected chi connectivity index (χ1v) is 9.43. The van der Waals surface area contributed by atoms with Crippen LogP contribution in [0.1, 0.15) is 42.2 Å². The minimum Gasteiger partial charge on any atom is -0.342 e. The highest BCUT2D eigenvalue weighted by molar-refractivity contribution is 7.18. The Labute approximate surface area is 150 Å². The van der Waals surface area contributed by atoms with Gasteiger partial charge in [-0.15, -0.1) is 11.3 Å². The summed E-state index contributed by atoms with van der Waals surface area (Å²) in [7, 11) is 0. The number of amides is 1. The van der Waals surface area contributed by atoms with Crippen molar-refractivity contribution >= 4 is 27.5 Å². The third kappa shape index (κ3) is 3.26. The zero-order chi connectivity index (χ0) is 17.2. The first kappa shape index (κ1) is 16.1. The first-order chi connectivity index (χ1) is 12.2. The molecule has 2 aromatic heterocycles. The number of piperidine rings is 1. The van der Waals surface area contributed by atoms with Gasteiger partial charge in [0, 0.05) is 37.0 Å². The number of fused-ring (bicyclic) bond motifs is 1. The Kier molecular flexibility index (Phi) is 4.44. The van der Waals surface area contributed by atoms with Gasteiger partial charge in [0.25, 0.3) is 0 Å². The third-order valence-corrected chi connectivity index (χ3v) is 6.12. The van der Waals surface area contributed by atoms with Crippen molar-refractivity contribution in [1.29, 1.82) is 0 Å². The van der Waals surface area contributed by atoms with Gasteiger partial charge in [0.15, 0.2) is 0 Å². The number of para-hydroxylation sites is 1. The molecule has 0 bridgehead atoms. The Morgan fingerprint density at radius 1 is 1.20 bits per heavy atom. The monoisotopic (exact) mass is 352 g/mol. The molecule has 4 rings (SSSR count). The fourth-order valence-corrected chi connectivity index (χ4v) is 4.50. The maximum atomic E-state index is 12.7. The normalized spacial score (nSPS) is 16.9. The van der Waals surface area contributed by atoms with Gasteiger partial charge < -0.3 is 4.90 Å². The summed E-state index contributed by atoms with van der Waals surface area (Å²) in [4.78, 5) is 27.5. The molecule has 0 radical (unpaired) electrons. The molecule has 0 aliphatic carbocycles. The van der Waals surface area contributed by atoms with Crippen LogP contribution >= 0.6 is 11.3 Å². The second-order valence-corrected chi connectivity index (χ2v) is 7.58. The maximum absolute atomic E-state index is 12.7. The van der Waals surface area contributed by atoms with E-state index in [2.05, 4.69) is 28.2 Å². The molecule has 1 aliphatic rings. The van der Waals surface area contributed by atoms with E-state index in [1.807, 2.05) is 17.9 Å². The van der Waals surface area contributed by atoms with Crippen LogP contribution < -0.4 is 0 Å². The van der Waals surface area contributed by atoms with E-state index in [1.54, 1.807) is 23.7 Å². The first-order valence-electron chi connectivity index (χ1n) is 8.61. The van der Waals surface area contributed by atoms with Gasteiger partial charge in [-0.2, -0.15) is 0 Å². The fourth-order valence-electron chi connectivity index (χ4n) is 3.36. The van der Waals surface area contributed by atoms with Crippen LogP contribution in [0.4, 0.5) is 0 Å². The van der Waals surface area contributed by atoms with Gasteiger partial charge in [0.05, 0.1) is 21.1 Å². The van der Waals surface area contributed by atoms with Crippen LogP contribution in [0.2, 0.25) is 0 Å². The van der Waals surface area contributed by atoms with Crippen molar-refractivity contribution in [2.45, 2.75) is 31.6 Å². The Balaban J connectivity index is 1.41. The summed E-state index contributed by atoms with van der Waals surface area (Å²) in [6, 6.07) is 8.28. The highest BCUT2D eigenvalue weighted by Gasteiger charge is 2.28. The van der Waals surface area contributed by atoms with E-state index >= 15 is 0 Å². The minimum atomic E-state index is -0.194. The molecule has 1 amide bonds. The number of nitrogens with zero attached hydrogens (tertiary/aromatic N) is 4. The van der Waals surface area contributed by atoms with Crippen LogP contribution in [0.15, 0.2) is 43.0 Å². The molecule has 1 aliphatic heterocycles. The van der Waals surface area contributed by atoms with Gasteiger partial charge >= 0.3 is 0 Å². The largest absolute Gasteiger partial charge is 0.342 e. The Morgan fingerprint density at radius 2 is 1.92 bits per heavy atom. The molecule has 128 valence electrons. The summed E-state index contributed by atoms with van der Waals surface area (Å²) in [5, 5.41) is 1.21. The molecular formula is C19H20N4OS. The molecule has 6 heteroatoms. The highest BCUT2D eigenvalue weighted by Crippen LogP contribution is 2.34. The second kappa shape index (κ2) is 6.88. The summed E-state index contributed by atoms with van der Waals surface area (Å²) in [6.07, 6.45) is 6.89. The van der Waals surface area contributed by atoms with Crippen LogP contribution in [0.3, 0.4) is 0 Å². The van der Waals surface area contributed by atoms with Gasteiger partial charge in [-0.25, -0.2) is 15.0 Å². The molecular weight excluding hydrogens is 332 g/mol. The Bertz CT molecular complexity index is 838. The quantitative estimate of drug-likeness (QED) is 0.723. The number of aromatic nitrogens is 3.